The highest BCUT2D eigenvalue weighted by atomic mass is 32.1. The van der Waals surface area contributed by atoms with Crippen LogP contribution >= 0.6 is 11.3 Å². The third-order valence-electron chi connectivity index (χ3n) is 2.22. The number of hydrogen-bond donors (Lipinski definition) is 0. The molecule has 0 saturated carbocycles. The molecule has 0 spiro atoms. The van der Waals surface area contributed by atoms with Gasteiger partial charge in [0.25, 0.3) is 0 Å². The highest BCUT2D eigenvalue weighted by molar-refractivity contribution is 7.17. The molecular weight excluding hydrogens is 194 g/mol. The molecule has 0 saturated heterocycles. The molecule has 0 unspecified atom stereocenters. The lowest BCUT2D eigenvalue weighted by Gasteiger charge is -2.03. The molecule has 14 heavy (non-hydrogen) atoms. The Hall–Kier alpha value is -1.53. The summed E-state index contributed by atoms with van der Waals surface area (Å²) in [6, 6.07) is 5.91. The van der Waals surface area contributed by atoms with Crippen LogP contribution < -0.4 is 4.74 Å². The molecular formula is C11H9NOS. The van der Waals surface area contributed by atoms with Crippen molar-refractivity contribution in [3.05, 3.63) is 28.6 Å². The lowest BCUT2D eigenvalue weighted by Crippen LogP contribution is -1.87. The fourth-order valence-electron chi connectivity index (χ4n) is 1.49. The summed E-state index contributed by atoms with van der Waals surface area (Å²) in [4.78, 5) is 0. The number of ether oxygens (including phenoxy) is 1. The van der Waals surface area contributed by atoms with E-state index in [1.165, 1.54) is 10.9 Å². The van der Waals surface area contributed by atoms with E-state index in [0.717, 1.165) is 4.70 Å². The van der Waals surface area contributed by atoms with Crippen molar-refractivity contribution in [2.24, 2.45) is 0 Å². The molecule has 2 aromatic rings. The second kappa shape index (κ2) is 3.32. The van der Waals surface area contributed by atoms with Gasteiger partial charge in [-0.15, -0.1) is 11.3 Å². The van der Waals surface area contributed by atoms with Crippen LogP contribution in [0.4, 0.5) is 0 Å². The molecule has 3 heteroatoms. The van der Waals surface area contributed by atoms with Crippen molar-refractivity contribution in [1.82, 2.24) is 0 Å². The molecule has 0 aliphatic rings. The topological polar surface area (TPSA) is 33.0 Å². The summed E-state index contributed by atoms with van der Waals surface area (Å²) in [6.07, 6.45) is 0. The summed E-state index contributed by atoms with van der Waals surface area (Å²) in [7, 11) is 1.60. The molecule has 0 amide bonds. The fourth-order valence-corrected chi connectivity index (χ4v) is 2.57. The molecule has 0 atom stereocenters. The lowest BCUT2D eigenvalue weighted by molar-refractivity contribution is 0.419. The summed E-state index contributed by atoms with van der Waals surface area (Å²) in [5.74, 6) is 0.697. The first-order chi connectivity index (χ1) is 6.77. The van der Waals surface area contributed by atoms with Gasteiger partial charge in [0.15, 0.2) is 5.75 Å². The zero-order valence-electron chi connectivity index (χ0n) is 8.00. The molecule has 0 aliphatic heterocycles. The van der Waals surface area contributed by atoms with Gasteiger partial charge in [-0.05, 0) is 29.3 Å². The van der Waals surface area contributed by atoms with Crippen molar-refractivity contribution in [1.29, 1.82) is 5.26 Å². The zero-order valence-corrected chi connectivity index (χ0v) is 8.81. The number of hydrogen-bond acceptors (Lipinski definition) is 3. The van der Waals surface area contributed by atoms with Crippen molar-refractivity contribution in [3.8, 4) is 11.8 Å². The van der Waals surface area contributed by atoms with Gasteiger partial charge in [-0.3, -0.25) is 0 Å². The van der Waals surface area contributed by atoms with E-state index in [1.807, 2.05) is 6.07 Å². The Morgan fingerprint density at radius 1 is 1.43 bits per heavy atom. The second-order valence-corrected chi connectivity index (χ2v) is 3.93. The van der Waals surface area contributed by atoms with Crippen LogP contribution in [0.15, 0.2) is 17.5 Å². The zero-order chi connectivity index (χ0) is 10.1. The van der Waals surface area contributed by atoms with E-state index < -0.39 is 0 Å². The van der Waals surface area contributed by atoms with Crippen LogP contribution in [0.1, 0.15) is 11.1 Å². The third kappa shape index (κ3) is 1.16. The van der Waals surface area contributed by atoms with E-state index in [2.05, 4.69) is 18.4 Å². The Labute approximate surface area is 86.4 Å². The predicted octanol–water partition coefficient (Wildman–Crippen LogP) is 3.09. The molecule has 2 rings (SSSR count). The van der Waals surface area contributed by atoms with Crippen molar-refractivity contribution in [2.75, 3.05) is 7.11 Å². The number of benzene rings is 1. The summed E-state index contributed by atoms with van der Waals surface area (Å²) in [5, 5.41) is 12.1. The number of nitriles is 1. The minimum atomic E-state index is 0.599. The highest BCUT2D eigenvalue weighted by Gasteiger charge is 2.10. The van der Waals surface area contributed by atoms with Crippen LogP contribution in [0.3, 0.4) is 0 Å². The Balaban J connectivity index is 2.86. The largest absolute Gasteiger partial charge is 0.494 e. The van der Waals surface area contributed by atoms with Gasteiger partial charge >= 0.3 is 0 Å². The van der Waals surface area contributed by atoms with Crippen molar-refractivity contribution >= 4 is 21.4 Å². The van der Waals surface area contributed by atoms with Gasteiger partial charge in [-0.1, -0.05) is 6.07 Å². The SMILES string of the molecule is COc1c(C#N)ccc2c(C)csc12. The van der Waals surface area contributed by atoms with E-state index >= 15 is 0 Å². The van der Waals surface area contributed by atoms with E-state index in [-0.39, 0.29) is 0 Å². The van der Waals surface area contributed by atoms with E-state index in [0.29, 0.717) is 11.3 Å². The smallest absolute Gasteiger partial charge is 0.154 e. The number of methoxy groups -OCH3 is 1. The quantitative estimate of drug-likeness (QED) is 0.713. The highest BCUT2D eigenvalue weighted by Crippen LogP contribution is 2.35. The molecule has 70 valence electrons. The monoisotopic (exact) mass is 203 g/mol. The average Bonchev–Trinajstić information content (AvgIpc) is 2.59. The van der Waals surface area contributed by atoms with Crippen LogP contribution in [0.5, 0.6) is 5.75 Å². The van der Waals surface area contributed by atoms with Crippen LogP contribution in [0.25, 0.3) is 10.1 Å². The van der Waals surface area contributed by atoms with Gasteiger partial charge in [0, 0.05) is 0 Å². The summed E-state index contributed by atoms with van der Waals surface area (Å²) in [5.41, 5.74) is 1.83. The van der Waals surface area contributed by atoms with Gasteiger partial charge in [0.1, 0.15) is 6.07 Å². The van der Waals surface area contributed by atoms with Crippen LogP contribution in [-0.4, -0.2) is 7.11 Å². The maximum atomic E-state index is 8.89. The summed E-state index contributed by atoms with van der Waals surface area (Å²) >= 11 is 1.62. The number of fused-ring (bicyclic) bond motifs is 1. The summed E-state index contributed by atoms with van der Waals surface area (Å²) < 4.78 is 6.31. The Morgan fingerprint density at radius 2 is 2.21 bits per heavy atom. The van der Waals surface area contributed by atoms with Crippen LogP contribution in [0, 0.1) is 18.3 Å². The third-order valence-corrected chi connectivity index (χ3v) is 3.33. The molecule has 0 radical (unpaired) electrons. The standard InChI is InChI=1S/C11H9NOS/c1-7-6-14-11-9(7)4-3-8(5-12)10(11)13-2/h3-4,6H,1-2H3. The molecule has 2 nitrogen and oxygen atoms in total. The van der Waals surface area contributed by atoms with Crippen LogP contribution in [-0.2, 0) is 0 Å². The molecule has 0 bridgehead atoms. The number of nitrogens with zero attached hydrogens (tertiary/aromatic N) is 1. The Morgan fingerprint density at radius 3 is 2.86 bits per heavy atom. The summed E-state index contributed by atoms with van der Waals surface area (Å²) in [6.45, 7) is 2.06. The Bertz CT molecular complexity index is 522. The molecule has 1 aromatic carbocycles. The van der Waals surface area contributed by atoms with E-state index in [1.54, 1.807) is 24.5 Å². The average molecular weight is 203 g/mol. The van der Waals surface area contributed by atoms with Gasteiger partial charge in [-0.25, -0.2) is 0 Å². The molecule has 1 aromatic heterocycles. The van der Waals surface area contributed by atoms with Crippen molar-refractivity contribution < 1.29 is 4.74 Å². The molecule has 1 heterocycles. The van der Waals surface area contributed by atoms with Crippen molar-refractivity contribution in [2.45, 2.75) is 6.92 Å². The minimum absolute atomic E-state index is 0.599. The number of aryl methyl sites for hydroxylation is 1. The second-order valence-electron chi connectivity index (χ2n) is 3.05. The fraction of sp³-hybridized carbons (Fsp3) is 0.182. The molecule has 0 fully saturated rings. The maximum absolute atomic E-state index is 8.89. The maximum Gasteiger partial charge on any atom is 0.154 e. The van der Waals surface area contributed by atoms with Crippen LogP contribution in [0.2, 0.25) is 0 Å². The number of thiophene rings is 1. The lowest BCUT2D eigenvalue weighted by atomic mass is 10.1. The number of rotatable bonds is 1. The van der Waals surface area contributed by atoms with Gasteiger partial charge in [0.2, 0.25) is 0 Å². The molecule has 0 aliphatic carbocycles. The molecule has 0 N–H and O–H groups in total. The van der Waals surface area contributed by atoms with Gasteiger partial charge in [-0.2, -0.15) is 5.26 Å². The first-order valence-corrected chi connectivity index (χ1v) is 5.10. The van der Waals surface area contributed by atoms with E-state index in [4.69, 9.17) is 10.00 Å². The van der Waals surface area contributed by atoms with E-state index in [9.17, 15) is 0 Å². The minimum Gasteiger partial charge on any atom is -0.494 e. The van der Waals surface area contributed by atoms with Gasteiger partial charge in [0.05, 0.1) is 17.4 Å². The van der Waals surface area contributed by atoms with Crippen molar-refractivity contribution in [3.63, 3.8) is 0 Å². The normalized spacial score (nSPS) is 10.1. The van der Waals surface area contributed by atoms with Gasteiger partial charge < -0.3 is 4.74 Å². The Kier molecular flexibility index (Phi) is 2.14. The predicted molar refractivity (Wildman–Crippen MR) is 57.8 cm³/mol. The first kappa shape index (κ1) is 9.04. The first-order valence-electron chi connectivity index (χ1n) is 4.23.